The number of hydrogen-bond donors (Lipinski definition) is 2. The van der Waals surface area contributed by atoms with Crippen LogP contribution in [0.4, 0.5) is 0 Å². The number of nitrogens with one attached hydrogen (secondary N) is 1. The first kappa shape index (κ1) is 16.6. The quantitative estimate of drug-likeness (QED) is 0.829. The largest absolute Gasteiger partial charge is 0.329 e. The van der Waals surface area contributed by atoms with Crippen LogP contribution in [0.5, 0.6) is 0 Å². The number of aryl methyl sites for hydroxylation is 1. The summed E-state index contributed by atoms with van der Waals surface area (Å²) in [5.41, 5.74) is 5.89. The normalized spacial score (nSPS) is 12.7. The first-order valence-electron chi connectivity index (χ1n) is 6.30. The summed E-state index contributed by atoms with van der Waals surface area (Å²) in [5.74, 6) is 0. The van der Waals surface area contributed by atoms with E-state index in [2.05, 4.69) is 20.7 Å². The number of halogens is 1. The minimum absolute atomic E-state index is 0.284. The van der Waals surface area contributed by atoms with Crippen molar-refractivity contribution >= 4 is 26.0 Å². The molecule has 1 rings (SSSR count). The molecule has 4 nitrogen and oxygen atoms in total. The van der Waals surface area contributed by atoms with E-state index in [1.54, 1.807) is 19.1 Å². The van der Waals surface area contributed by atoms with Gasteiger partial charge in [0.15, 0.2) is 0 Å². The Kier molecular flexibility index (Phi) is 5.55. The highest BCUT2D eigenvalue weighted by Crippen LogP contribution is 2.23. The first-order chi connectivity index (χ1) is 8.80. The van der Waals surface area contributed by atoms with E-state index >= 15 is 0 Å². The van der Waals surface area contributed by atoms with Crippen molar-refractivity contribution in [1.82, 2.24) is 4.72 Å². The minimum Gasteiger partial charge on any atom is -0.329 e. The van der Waals surface area contributed by atoms with E-state index < -0.39 is 15.6 Å². The zero-order chi connectivity index (χ0) is 14.7. The molecule has 0 spiro atoms. The highest BCUT2D eigenvalue weighted by Gasteiger charge is 2.31. The molecule has 0 saturated carbocycles. The van der Waals surface area contributed by atoms with Crippen LogP contribution < -0.4 is 10.5 Å². The van der Waals surface area contributed by atoms with Crippen LogP contribution in [0, 0.1) is 6.92 Å². The van der Waals surface area contributed by atoms with Gasteiger partial charge < -0.3 is 5.73 Å². The molecule has 0 bridgehead atoms. The Bertz CT molecular complexity index is 531. The number of benzene rings is 1. The molecular weight excluding hydrogens is 328 g/mol. The van der Waals surface area contributed by atoms with Gasteiger partial charge in [-0.15, -0.1) is 0 Å². The molecule has 0 fully saturated rings. The van der Waals surface area contributed by atoms with E-state index in [4.69, 9.17) is 5.73 Å². The monoisotopic (exact) mass is 348 g/mol. The lowest BCUT2D eigenvalue weighted by Crippen LogP contribution is -2.52. The maximum absolute atomic E-state index is 12.5. The average Bonchev–Trinajstić information content (AvgIpc) is 2.39. The summed E-state index contributed by atoms with van der Waals surface area (Å²) in [5, 5.41) is 0. The van der Waals surface area contributed by atoms with Gasteiger partial charge in [0, 0.05) is 16.6 Å². The van der Waals surface area contributed by atoms with Gasteiger partial charge in [-0.1, -0.05) is 35.8 Å². The van der Waals surface area contributed by atoms with Crippen LogP contribution in [-0.2, 0) is 10.0 Å². The number of nitrogens with two attached hydrogens (primary N) is 1. The molecule has 0 aliphatic heterocycles. The van der Waals surface area contributed by atoms with Crippen LogP contribution in [0.2, 0.25) is 0 Å². The van der Waals surface area contributed by atoms with Gasteiger partial charge in [-0.05, 0) is 37.5 Å². The third kappa shape index (κ3) is 3.78. The van der Waals surface area contributed by atoms with E-state index in [0.717, 1.165) is 4.47 Å². The second-order valence-electron chi connectivity index (χ2n) is 4.71. The highest BCUT2D eigenvalue weighted by molar-refractivity contribution is 9.10. The Balaban J connectivity index is 3.21. The SMILES string of the molecule is CCC(CC)(CN)NS(=O)(=O)c1cc(Br)ccc1C. The number of hydrogen-bond acceptors (Lipinski definition) is 3. The van der Waals surface area contributed by atoms with Crippen molar-refractivity contribution in [3.8, 4) is 0 Å². The van der Waals surface area contributed by atoms with Gasteiger partial charge in [0.1, 0.15) is 0 Å². The topological polar surface area (TPSA) is 72.2 Å². The van der Waals surface area contributed by atoms with Crippen molar-refractivity contribution in [3.63, 3.8) is 0 Å². The Morgan fingerprint density at radius 3 is 2.37 bits per heavy atom. The molecule has 0 aliphatic carbocycles. The molecule has 0 aromatic heterocycles. The standard InChI is InChI=1S/C13H21BrN2O2S/c1-4-13(5-2,9-15)16-19(17,18)12-8-11(14)7-6-10(12)3/h6-8,16H,4-5,9,15H2,1-3H3. The zero-order valence-electron chi connectivity index (χ0n) is 11.5. The van der Waals surface area contributed by atoms with Crippen molar-refractivity contribution in [2.45, 2.75) is 44.0 Å². The van der Waals surface area contributed by atoms with Crippen molar-refractivity contribution in [3.05, 3.63) is 28.2 Å². The van der Waals surface area contributed by atoms with E-state index in [-0.39, 0.29) is 6.54 Å². The van der Waals surface area contributed by atoms with Crippen LogP contribution >= 0.6 is 15.9 Å². The fraction of sp³-hybridized carbons (Fsp3) is 0.538. The van der Waals surface area contributed by atoms with Gasteiger partial charge in [-0.3, -0.25) is 0 Å². The van der Waals surface area contributed by atoms with Gasteiger partial charge in [-0.2, -0.15) is 0 Å². The van der Waals surface area contributed by atoms with Gasteiger partial charge in [0.05, 0.1) is 4.90 Å². The van der Waals surface area contributed by atoms with Gasteiger partial charge >= 0.3 is 0 Å². The summed E-state index contributed by atoms with van der Waals surface area (Å²) in [6.45, 7) is 5.94. The Morgan fingerprint density at radius 1 is 1.32 bits per heavy atom. The Labute approximate surface area is 124 Å². The highest BCUT2D eigenvalue weighted by atomic mass is 79.9. The molecule has 6 heteroatoms. The molecule has 19 heavy (non-hydrogen) atoms. The fourth-order valence-corrected chi connectivity index (χ4v) is 4.27. The van der Waals surface area contributed by atoms with Crippen LogP contribution in [0.3, 0.4) is 0 Å². The molecule has 0 radical (unpaired) electrons. The summed E-state index contributed by atoms with van der Waals surface area (Å²) >= 11 is 3.30. The lowest BCUT2D eigenvalue weighted by atomic mass is 9.95. The molecule has 0 atom stereocenters. The van der Waals surface area contributed by atoms with Crippen molar-refractivity contribution < 1.29 is 8.42 Å². The predicted octanol–water partition coefficient (Wildman–Crippen LogP) is 2.55. The third-order valence-electron chi connectivity index (χ3n) is 3.53. The van der Waals surface area contributed by atoms with Crippen molar-refractivity contribution in [1.29, 1.82) is 0 Å². The maximum atomic E-state index is 12.5. The summed E-state index contributed by atoms with van der Waals surface area (Å²) in [4.78, 5) is 0.293. The smallest absolute Gasteiger partial charge is 0.241 e. The third-order valence-corrected chi connectivity index (χ3v) is 5.75. The van der Waals surface area contributed by atoms with E-state index in [9.17, 15) is 8.42 Å². The first-order valence-corrected chi connectivity index (χ1v) is 8.58. The van der Waals surface area contributed by atoms with Crippen LogP contribution in [-0.4, -0.2) is 20.5 Å². The van der Waals surface area contributed by atoms with Gasteiger partial charge in [0.2, 0.25) is 10.0 Å². The molecule has 0 aliphatic rings. The summed E-state index contributed by atoms with van der Waals surface area (Å²) < 4.78 is 28.5. The molecule has 108 valence electrons. The van der Waals surface area contributed by atoms with Crippen LogP contribution in [0.15, 0.2) is 27.6 Å². The average molecular weight is 349 g/mol. The molecule has 1 aromatic rings. The molecule has 0 heterocycles. The number of sulfonamides is 1. The van der Waals surface area contributed by atoms with Gasteiger partial charge in [-0.25, -0.2) is 13.1 Å². The zero-order valence-corrected chi connectivity index (χ0v) is 13.9. The second kappa shape index (κ2) is 6.35. The Hall–Kier alpha value is -0.430. The fourth-order valence-electron chi connectivity index (χ4n) is 1.93. The molecule has 0 unspecified atom stereocenters. The van der Waals surface area contributed by atoms with Gasteiger partial charge in [0.25, 0.3) is 0 Å². The van der Waals surface area contributed by atoms with Crippen molar-refractivity contribution in [2.24, 2.45) is 5.73 Å². The van der Waals surface area contributed by atoms with Crippen LogP contribution in [0.25, 0.3) is 0 Å². The molecular formula is C13H21BrN2O2S. The second-order valence-corrected chi connectivity index (χ2v) is 7.27. The maximum Gasteiger partial charge on any atom is 0.241 e. The van der Waals surface area contributed by atoms with Crippen LogP contribution in [0.1, 0.15) is 32.3 Å². The number of rotatable bonds is 6. The summed E-state index contributed by atoms with van der Waals surface area (Å²) in [6, 6.07) is 5.22. The van der Waals surface area contributed by atoms with E-state index in [1.807, 2.05) is 19.9 Å². The minimum atomic E-state index is -3.57. The Morgan fingerprint density at radius 2 is 1.89 bits per heavy atom. The summed E-state index contributed by atoms with van der Waals surface area (Å²) in [7, 11) is -3.57. The molecule has 0 amide bonds. The lowest BCUT2D eigenvalue weighted by molar-refractivity contribution is 0.363. The molecule has 0 saturated heterocycles. The predicted molar refractivity (Wildman–Crippen MR) is 81.6 cm³/mol. The van der Waals surface area contributed by atoms with Crippen molar-refractivity contribution in [2.75, 3.05) is 6.54 Å². The summed E-state index contributed by atoms with van der Waals surface area (Å²) in [6.07, 6.45) is 1.32. The molecule has 3 N–H and O–H groups in total. The van der Waals surface area contributed by atoms with E-state index in [0.29, 0.717) is 23.3 Å². The van der Waals surface area contributed by atoms with E-state index in [1.165, 1.54) is 0 Å². The molecule has 1 aromatic carbocycles. The lowest BCUT2D eigenvalue weighted by Gasteiger charge is -2.31.